The summed E-state index contributed by atoms with van der Waals surface area (Å²) in [7, 11) is 1.54. The molecule has 7 nitrogen and oxygen atoms in total. The standard InChI is InChI=1S/C23H21F3N6O/c1-14-12-31(13-27-14)19-10-9-17(28-22(19)33-2)21-29-20-8-4-7-18(32(20)30-21)15-5-3-6-16(11-15)23(24,25)26/h3,5-6,9-13,18H,4,7-8H2,1-2H3/t18-/m0/s1. The van der Waals surface area contributed by atoms with Crippen molar-refractivity contribution in [3.8, 4) is 23.1 Å². The third-order valence-corrected chi connectivity index (χ3v) is 5.73. The van der Waals surface area contributed by atoms with E-state index in [0.717, 1.165) is 29.7 Å². The van der Waals surface area contributed by atoms with Crippen LogP contribution in [0.4, 0.5) is 13.2 Å². The molecular formula is C23H21F3N6O. The fourth-order valence-electron chi connectivity index (χ4n) is 4.15. The summed E-state index contributed by atoms with van der Waals surface area (Å²) in [4.78, 5) is 13.5. The van der Waals surface area contributed by atoms with Crippen molar-refractivity contribution in [1.29, 1.82) is 0 Å². The minimum Gasteiger partial charge on any atom is -0.479 e. The quantitative estimate of drug-likeness (QED) is 0.444. The normalized spacial score (nSPS) is 16.0. The lowest BCUT2D eigenvalue weighted by Crippen LogP contribution is -2.20. The largest absolute Gasteiger partial charge is 0.479 e. The van der Waals surface area contributed by atoms with E-state index in [9.17, 15) is 13.2 Å². The second kappa shape index (κ2) is 8.02. The first-order chi connectivity index (χ1) is 15.8. The number of ether oxygens (including phenoxy) is 1. The van der Waals surface area contributed by atoms with Gasteiger partial charge in [0.2, 0.25) is 5.88 Å². The first-order valence-electron chi connectivity index (χ1n) is 10.5. The van der Waals surface area contributed by atoms with E-state index in [-0.39, 0.29) is 6.04 Å². The Bertz CT molecular complexity index is 1310. The summed E-state index contributed by atoms with van der Waals surface area (Å²) in [5, 5.41) is 4.64. The zero-order valence-corrected chi connectivity index (χ0v) is 18.0. The minimum absolute atomic E-state index is 0.313. The van der Waals surface area contributed by atoms with Crippen LogP contribution in [-0.4, -0.2) is 36.4 Å². The minimum atomic E-state index is -4.39. The van der Waals surface area contributed by atoms with Crippen molar-refractivity contribution in [2.24, 2.45) is 0 Å². The van der Waals surface area contributed by atoms with Crippen molar-refractivity contribution in [1.82, 2.24) is 29.3 Å². The number of fused-ring (bicyclic) bond motifs is 1. The number of rotatable bonds is 4. The molecule has 170 valence electrons. The summed E-state index contributed by atoms with van der Waals surface area (Å²) < 4.78 is 48.7. The molecular weight excluding hydrogens is 433 g/mol. The number of benzene rings is 1. The number of hydrogen-bond donors (Lipinski definition) is 0. The summed E-state index contributed by atoms with van der Waals surface area (Å²) in [5.74, 6) is 1.54. The predicted octanol–water partition coefficient (Wildman–Crippen LogP) is 4.79. The average molecular weight is 454 g/mol. The molecule has 1 aliphatic heterocycles. The fourth-order valence-corrected chi connectivity index (χ4v) is 4.15. The second-order valence-corrected chi connectivity index (χ2v) is 7.97. The number of halogens is 3. The first kappa shape index (κ1) is 21.2. The number of methoxy groups -OCH3 is 1. The number of hydrogen-bond acceptors (Lipinski definition) is 5. The molecule has 0 fully saturated rings. The summed E-state index contributed by atoms with van der Waals surface area (Å²) in [6.07, 6.45) is 1.36. The highest BCUT2D eigenvalue weighted by molar-refractivity contribution is 5.55. The van der Waals surface area contributed by atoms with Crippen LogP contribution in [0.25, 0.3) is 17.2 Å². The van der Waals surface area contributed by atoms with Gasteiger partial charge >= 0.3 is 6.18 Å². The second-order valence-electron chi connectivity index (χ2n) is 7.97. The van der Waals surface area contributed by atoms with Gasteiger partial charge in [-0.1, -0.05) is 12.1 Å². The molecule has 5 rings (SSSR count). The van der Waals surface area contributed by atoms with Gasteiger partial charge in [-0.2, -0.15) is 13.2 Å². The highest BCUT2D eigenvalue weighted by Gasteiger charge is 2.32. The molecule has 0 aliphatic carbocycles. The van der Waals surface area contributed by atoms with Crippen molar-refractivity contribution in [2.75, 3.05) is 7.11 Å². The Morgan fingerprint density at radius 2 is 1.97 bits per heavy atom. The van der Waals surface area contributed by atoms with Gasteiger partial charge in [0.25, 0.3) is 0 Å². The number of aryl methyl sites for hydroxylation is 2. The van der Waals surface area contributed by atoms with Gasteiger partial charge in [0.05, 0.1) is 30.7 Å². The Balaban J connectivity index is 1.51. The molecule has 0 N–H and O–H groups in total. The predicted molar refractivity (Wildman–Crippen MR) is 114 cm³/mol. The van der Waals surface area contributed by atoms with Gasteiger partial charge in [0.15, 0.2) is 5.82 Å². The van der Waals surface area contributed by atoms with E-state index < -0.39 is 11.7 Å². The lowest BCUT2D eigenvalue weighted by atomic mass is 9.96. The van der Waals surface area contributed by atoms with Crippen molar-refractivity contribution in [3.63, 3.8) is 0 Å². The average Bonchev–Trinajstić information content (AvgIpc) is 3.44. The zero-order valence-electron chi connectivity index (χ0n) is 18.0. The van der Waals surface area contributed by atoms with Crippen LogP contribution >= 0.6 is 0 Å². The molecule has 3 aromatic heterocycles. The van der Waals surface area contributed by atoms with Crippen LogP contribution < -0.4 is 4.74 Å². The van der Waals surface area contributed by atoms with Gasteiger partial charge in [0, 0.05) is 12.6 Å². The molecule has 1 aliphatic rings. The van der Waals surface area contributed by atoms with Gasteiger partial charge < -0.3 is 9.30 Å². The molecule has 10 heteroatoms. The van der Waals surface area contributed by atoms with Crippen LogP contribution in [-0.2, 0) is 12.6 Å². The number of alkyl halides is 3. The van der Waals surface area contributed by atoms with Gasteiger partial charge in [-0.25, -0.2) is 19.6 Å². The van der Waals surface area contributed by atoms with Crippen LogP contribution in [0, 0.1) is 6.92 Å². The zero-order chi connectivity index (χ0) is 23.2. The van der Waals surface area contributed by atoms with Crippen molar-refractivity contribution < 1.29 is 17.9 Å². The highest BCUT2D eigenvalue weighted by atomic mass is 19.4. The third-order valence-electron chi connectivity index (χ3n) is 5.73. The number of imidazole rings is 1. The molecule has 4 heterocycles. The van der Waals surface area contributed by atoms with E-state index in [4.69, 9.17) is 4.74 Å². The molecule has 0 unspecified atom stereocenters. The number of nitrogens with zero attached hydrogens (tertiary/aromatic N) is 6. The van der Waals surface area contributed by atoms with Crippen LogP contribution in [0.15, 0.2) is 48.9 Å². The van der Waals surface area contributed by atoms with Crippen LogP contribution in [0.5, 0.6) is 5.88 Å². The van der Waals surface area contributed by atoms with E-state index >= 15 is 0 Å². The summed E-state index contributed by atoms with van der Waals surface area (Å²) in [6.45, 7) is 1.89. The van der Waals surface area contributed by atoms with Crippen LogP contribution in [0.1, 0.15) is 41.5 Å². The Labute approximate surface area is 187 Å². The molecule has 1 aromatic carbocycles. The first-order valence-corrected chi connectivity index (χ1v) is 10.5. The maximum absolute atomic E-state index is 13.2. The fraction of sp³-hybridized carbons (Fsp3) is 0.304. The van der Waals surface area contributed by atoms with Crippen molar-refractivity contribution >= 4 is 0 Å². The van der Waals surface area contributed by atoms with Crippen LogP contribution in [0.2, 0.25) is 0 Å². The molecule has 0 amide bonds. The van der Waals surface area contributed by atoms with E-state index in [1.165, 1.54) is 19.2 Å². The maximum atomic E-state index is 13.2. The molecule has 0 saturated heterocycles. The summed E-state index contributed by atoms with van der Waals surface area (Å²) in [5.41, 5.74) is 2.03. The highest BCUT2D eigenvalue weighted by Crippen LogP contribution is 2.35. The molecule has 1 atom stereocenters. The van der Waals surface area contributed by atoms with Gasteiger partial charge in [-0.15, -0.1) is 5.10 Å². The lowest BCUT2D eigenvalue weighted by Gasteiger charge is -2.24. The molecule has 33 heavy (non-hydrogen) atoms. The molecule has 0 spiro atoms. The number of pyridine rings is 1. The summed E-state index contributed by atoms with van der Waals surface area (Å²) >= 11 is 0. The monoisotopic (exact) mass is 454 g/mol. The molecule has 0 radical (unpaired) electrons. The van der Waals surface area contributed by atoms with Crippen LogP contribution in [0.3, 0.4) is 0 Å². The van der Waals surface area contributed by atoms with E-state index in [0.29, 0.717) is 35.8 Å². The molecule has 0 bridgehead atoms. The lowest BCUT2D eigenvalue weighted by molar-refractivity contribution is -0.137. The number of aromatic nitrogens is 6. The maximum Gasteiger partial charge on any atom is 0.416 e. The van der Waals surface area contributed by atoms with E-state index in [1.807, 2.05) is 23.8 Å². The Morgan fingerprint density at radius 1 is 1.12 bits per heavy atom. The topological polar surface area (TPSA) is 70.7 Å². The third kappa shape index (κ3) is 3.96. The Kier molecular flexibility index (Phi) is 5.15. The SMILES string of the molecule is COc1nc(-c2nc3n(n2)[C@H](c2cccc(C(F)(F)F)c2)CCC3)ccc1-n1cnc(C)c1. The van der Waals surface area contributed by atoms with E-state index in [1.54, 1.807) is 23.1 Å². The van der Waals surface area contributed by atoms with Gasteiger partial charge in [-0.05, 0) is 49.6 Å². The van der Waals surface area contributed by atoms with Gasteiger partial charge in [-0.3, -0.25) is 0 Å². The molecule has 4 aromatic rings. The van der Waals surface area contributed by atoms with E-state index in [2.05, 4.69) is 20.1 Å². The summed E-state index contributed by atoms with van der Waals surface area (Å²) in [6, 6.07) is 8.77. The molecule has 0 saturated carbocycles. The Hall–Kier alpha value is -3.69. The Morgan fingerprint density at radius 3 is 2.70 bits per heavy atom. The smallest absolute Gasteiger partial charge is 0.416 e. The van der Waals surface area contributed by atoms with Crippen molar-refractivity contribution in [3.05, 3.63) is 71.6 Å². The van der Waals surface area contributed by atoms with Gasteiger partial charge in [0.1, 0.15) is 17.2 Å². The van der Waals surface area contributed by atoms with Crippen molar-refractivity contribution in [2.45, 2.75) is 38.4 Å².